The molecule has 0 aliphatic heterocycles. The number of rotatable bonds is 6. The normalized spacial score (nSPS) is 16.0. The summed E-state index contributed by atoms with van der Waals surface area (Å²) < 4.78 is 40.7. The first-order valence-corrected chi connectivity index (χ1v) is 12.5. The summed E-state index contributed by atoms with van der Waals surface area (Å²) in [7, 11) is 0. The van der Waals surface area contributed by atoms with Gasteiger partial charge in [0.25, 0.3) is 5.56 Å². The number of aromatic nitrogens is 2. The van der Waals surface area contributed by atoms with Crippen LogP contribution in [0.1, 0.15) is 68.8 Å². The first-order chi connectivity index (χ1) is 16.9. The number of amides is 1. The molecule has 0 saturated carbocycles. The Morgan fingerprint density at radius 2 is 1.83 bits per heavy atom. The summed E-state index contributed by atoms with van der Waals surface area (Å²) in [5.74, 6) is 0.696. The molecular formula is C28H32F3N3O2. The lowest BCUT2D eigenvalue weighted by Crippen LogP contribution is -2.31. The van der Waals surface area contributed by atoms with Gasteiger partial charge in [0.05, 0.1) is 16.6 Å². The second-order valence-corrected chi connectivity index (χ2v) is 10.5. The lowest BCUT2D eigenvalue weighted by atomic mass is 9.80. The second-order valence-electron chi connectivity index (χ2n) is 10.5. The fourth-order valence-electron chi connectivity index (χ4n) is 5.13. The number of halogens is 3. The quantitative estimate of drug-likeness (QED) is 0.431. The summed E-state index contributed by atoms with van der Waals surface area (Å²) in [6, 6.07) is 8.95. The van der Waals surface area contributed by atoms with Crippen LogP contribution in [0.3, 0.4) is 0 Å². The Labute approximate surface area is 208 Å². The minimum absolute atomic E-state index is 0.110. The molecule has 1 atom stereocenters. The number of fused-ring (bicyclic) bond motifs is 2. The Balaban J connectivity index is 1.55. The van der Waals surface area contributed by atoms with Gasteiger partial charge in [-0.2, -0.15) is 18.3 Å². The van der Waals surface area contributed by atoms with Gasteiger partial charge in [-0.15, -0.1) is 0 Å². The molecule has 36 heavy (non-hydrogen) atoms. The number of carbonyl (C=O) groups is 1. The number of alkyl halides is 3. The Morgan fingerprint density at radius 1 is 1.08 bits per heavy atom. The van der Waals surface area contributed by atoms with Crippen molar-refractivity contribution in [1.82, 2.24) is 9.78 Å². The predicted octanol–water partition coefficient (Wildman–Crippen LogP) is 6.33. The molecule has 1 heterocycles. The molecule has 4 rings (SSSR count). The van der Waals surface area contributed by atoms with Gasteiger partial charge < -0.3 is 5.32 Å². The lowest BCUT2D eigenvalue weighted by Gasteiger charge is -2.26. The van der Waals surface area contributed by atoms with Gasteiger partial charge in [-0.3, -0.25) is 9.59 Å². The van der Waals surface area contributed by atoms with E-state index in [1.807, 2.05) is 12.1 Å². The molecule has 0 radical (unpaired) electrons. The average Bonchev–Trinajstić information content (AvgIpc) is 2.79. The minimum atomic E-state index is -4.53. The Kier molecular flexibility index (Phi) is 7.25. The smallest absolute Gasteiger partial charge is 0.324 e. The molecule has 192 valence electrons. The topological polar surface area (TPSA) is 64.0 Å². The Bertz CT molecular complexity index is 1340. The molecule has 1 amide bonds. The van der Waals surface area contributed by atoms with Gasteiger partial charge >= 0.3 is 6.18 Å². The molecule has 0 bridgehead atoms. The monoisotopic (exact) mass is 499 g/mol. The van der Waals surface area contributed by atoms with E-state index in [9.17, 15) is 22.8 Å². The maximum absolute atomic E-state index is 13.2. The van der Waals surface area contributed by atoms with Crippen LogP contribution in [0, 0.1) is 11.8 Å². The van der Waals surface area contributed by atoms with Crippen LogP contribution in [0.5, 0.6) is 0 Å². The first kappa shape index (κ1) is 25.9. The summed E-state index contributed by atoms with van der Waals surface area (Å²) in [4.78, 5) is 25.8. The molecule has 0 fully saturated rings. The molecular weight excluding hydrogens is 467 g/mol. The molecule has 0 saturated heterocycles. The van der Waals surface area contributed by atoms with Gasteiger partial charge in [0, 0.05) is 11.1 Å². The van der Waals surface area contributed by atoms with Crippen LogP contribution < -0.4 is 10.9 Å². The summed E-state index contributed by atoms with van der Waals surface area (Å²) >= 11 is 0. The maximum atomic E-state index is 13.2. The van der Waals surface area contributed by atoms with Crippen LogP contribution in [0.15, 0.2) is 41.2 Å². The number of anilines is 1. The molecule has 0 spiro atoms. The highest BCUT2D eigenvalue weighted by Gasteiger charge is 2.31. The summed E-state index contributed by atoms with van der Waals surface area (Å²) in [6.45, 7) is 7.73. The lowest BCUT2D eigenvalue weighted by molar-refractivity contribution is -0.137. The first-order valence-electron chi connectivity index (χ1n) is 12.5. The average molecular weight is 500 g/mol. The predicted molar refractivity (Wildman–Crippen MR) is 135 cm³/mol. The minimum Gasteiger partial charge on any atom is -0.324 e. The van der Waals surface area contributed by atoms with Crippen molar-refractivity contribution in [3.05, 3.63) is 69.1 Å². The number of hydrogen-bond acceptors (Lipinski definition) is 3. The highest BCUT2D eigenvalue weighted by Crippen LogP contribution is 2.33. The molecule has 1 aliphatic rings. The zero-order chi connectivity index (χ0) is 26.2. The van der Waals surface area contributed by atoms with Gasteiger partial charge in [-0.25, -0.2) is 4.68 Å². The van der Waals surface area contributed by atoms with E-state index in [0.29, 0.717) is 23.2 Å². The molecule has 5 nitrogen and oxygen atoms in total. The van der Waals surface area contributed by atoms with Crippen molar-refractivity contribution >= 4 is 22.4 Å². The van der Waals surface area contributed by atoms with Crippen LogP contribution in [-0.4, -0.2) is 15.7 Å². The summed E-state index contributed by atoms with van der Waals surface area (Å²) in [5.41, 5.74) is 2.12. The fourth-order valence-corrected chi connectivity index (χ4v) is 5.13. The van der Waals surface area contributed by atoms with Gasteiger partial charge in [0.15, 0.2) is 0 Å². The molecule has 2 aromatic carbocycles. The molecule has 1 N–H and O–H groups in total. The van der Waals surface area contributed by atoms with E-state index in [0.717, 1.165) is 36.1 Å². The summed E-state index contributed by atoms with van der Waals surface area (Å²) in [6.07, 6.45) is -0.165. The number of nitrogens with zero attached hydrogens (tertiary/aromatic N) is 2. The zero-order valence-corrected chi connectivity index (χ0v) is 21.1. The van der Waals surface area contributed by atoms with E-state index < -0.39 is 23.2 Å². The summed E-state index contributed by atoms with van der Waals surface area (Å²) in [5, 5.41) is 7.40. The van der Waals surface area contributed by atoms with Gasteiger partial charge in [0.2, 0.25) is 5.91 Å². The standard InChI is InChI=1S/C28H32F3N3O2/c1-16(2)11-18-5-6-20-13-22(9-7-19(20)12-18)32-25(35)15-34-27(36)23-10-8-21(28(29,30)31)14-24(23)26(33-34)17(3)4/h7-10,13-14,16-18H,5-6,11-12,15H2,1-4H3,(H,32,35). The second kappa shape index (κ2) is 10.1. The van der Waals surface area contributed by atoms with E-state index >= 15 is 0 Å². The number of nitrogens with one attached hydrogen (secondary N) is 1. The fraction of sp³-hybridized carbons (Fsp3) is 0.464. The zero-order valence-electron chi connectivity index (χ0n) is 21.1. The molecule has 1 aromatic heterocycles. The van der Waals surface area contributed by atoms with Gasteiger partial charge in [-0.1, -0.05) is 33.8 Å². The highest BCUT2D eigenvalue weighted by atomic mass is 19.4. The maximum Gasteiger partial charge on any atom is 0.416 e. The number of carbonyl (C=O) groups excluding carboxylic acids is 1. The molecule has 1 aliphatic carbocycles. The van der Waals surface area contributed by atoms with E-state index in [1.165, 1.54) is 23.6 Å². The third kappa shape index (κ3) is 5.63. The SMILES string of the molecule is CC(C)CC1CCc2cc(NC(=O)Cn3nc(C(C)C)c4cc(C(F)(F)F)ccc4c3=O)ccc2C1. The Morgan fingerprint density at radius 3 is 2.50 bits per heavy atom. The van der Waals surface area contributed by atoms with Crippen LogP contribution in [-0.2, 0) is 30.4 Å². The van der Waals surface area contributed by atoms with Gasteiger partial charge in [0.1, 0.15) is 6.54 Å². The molecule has 8 heteroatoms. The van der Waals surface area contributed by atoms with E-state index in [-0.39, 0.29) is 23.2 Å². The third-order valence-electron chi connectivity index (χ3n) is 6.78. The highest BCUT2D eigenvalue weighted by molar-refractivity contribution is 5.91. The van der Waals surface area contributed by atoms with Crippen molar-refractivity contribution in [1.29, 1.82) is 0 Å². The van der Waals surface area contributed by atoms with E-state index in [1.54, 1.807) is 13.8 Å². The van der Waals surface area contributed by atoms with Crippen molar-refractivity contribution in [3.8, 4) is 0 Å². The van der Waals surface area contributed by atoms with Crippen molar-refractivity contribution in [2.45, 2.75) is 72.0 Å². The number of aryl methyl sites for hydroxylation is 1. The van der Waals surface area contributed by atoms with Crippen molar-refractivity contribution < 1.29 is 18.0 Å². The van der Waals surface area contributed by atoms with E-state index in [4.69, 9.17) is 0 Å². The van der Waals surface area contributed by atoms with Crippen LogP contribution in [0.25, 0.3) is 10.8 Å². The number of hydrogen-bond donors (Lipinski definition) is 1. The van der Waals surface area contributed by atoms with E-state index in [2.05, 4.69) is 30.3 Å². The molecule has 1 unspecified atom stereocenters. The van der Waals surface area contributed by atoms with Crippen molar-refractivity contribution in [3.63, 3.8) is 0 Å². The van der Waals surface area contributed by atoms with Crippen LogP contribution >= 0.6 is 0 Å². The Hall–Kier alpha value is -3.16. The van der Waals surface area contributed by atoms with Crippen LogP contribution in [0.4, 0.5) is 18.9 Å². The van der Waals surface area contributed by atoms with Crippen LogP contribution in [0.2, 0.25) is 0 Å². The van der Waals surface area contributed by atoms with Gasteiger partial charge in [-0.05, 0) is 84.9 Å². The third-order valence-corrected chi connectivity index (χ3v) is 6.78. The number of benzene rings is 2. The van der Waals surface area contributed by atoms with Crippen molar-refractivity contribution in [2.24, 2.45) is 11.8 Å². The molecule has 3 aromatic rings. The largest absolute Gasteiger partial charge is 0.416 e. The van der Waals surface area contributed by atoms with Crippen molar-refractivity contribution in [2.75, 3.05) is 5.32 Å².